The number of amides is 1. The van der Waals surface area contributed by atoms with Crippen molar-refractivity contribution in [3.63, 3.8) is 0 Å². The van der Waals surface area contributed by atoms with Gasteiger partial charge in [-0.25, -0.2) is 0 Å². The number of likely N-dealkylation sites (N-methyl/N-ethyl adjacent to an activating group) is 1. The van der Waals surface area contributed by atoms with Gasteiger partial charge in [0.15, 0.2) is 0 Å². The van der Waals surface area contributed by atoms with Crippen molar-refractivity contribution >= 4 is 37.8 Å². The molecule has 5 heteroatoms. The first-order chi connectivity index (χ1) is 8.99. The summed E-state index contributed by atoms with van der Waals surface area (Å²) in [4.78, 5) is 16.7. The van der Waals surface area contributed by atoms with E-state index in [1.165, 1.54) is 0 Å². The third-order valence-electron chi connectivity index (χ3n) is 3.58. The highest BCUT2D eigenvalue weighted by molar-refractivity contribution is 9.11. The number of piperidine rings is 1. The molecule has 1 unspecified atom stereocenters. The summed E-state index contributed by atoms with van der Waals surface area (Å²) in [6, 6.07) is 6.16. The first-order valence-corrected chi connectivity index (χ1v) is 7.98. The molecule has 0 saturated carbocycles. The number of hydrogen-bond donors (Lipinski definition) is 0. The fourth-order valence-corrected chi connectivity index (χ4v) is 3.61. The summed E-state index contributed by atoms with van der Waals surface area (Å²) in [7, 11) is 4.16. The Morgan fingerprint density at radius 1 is 1.37 bits per heavy atom. The van der Waals surface area contributed by atoms with Crippen LogP contribution in [0.4, 0.5) is 0 Å². The fourth-order valence-electron chi connectivity index (χ4n) is 2.39. The molecule has 1 aromatic rings. The Balaban J connectivity index is 2.15. The summed E-state index contributed by atoms with van der Waals surface area (Å²) in [5.74, 6) is 0.117. The predicted octanol–water partition coefficient (Wildman–Crippen LogP) is 3.38. The highest BCUT2D eigenvalue weighted by Crippen LogP contribution is 2.24. The minimum Gasteiger partial charge on any atom is -0.337 e. The van der Waals surface area contributed by atoms with Crippen molar-refractivity contribution in [3.8, 4) is 0 Å². The lowest BCUT2D eigenvalue weighted by Crippen LogP contribution is -2.47. The lowest BCUT2D eigenvalue weighted by Gasteiger charge is -2.36. The molecular formula is C14H18Br2N2O. The predicted molar refractivity (Wildman–Crippen MR) is 84.5 cm³/mol. The van der Waals surface area contributed by atoms with Gasteiger partial charge in [-0.05, 0) is 61.1 Å². The van der Waals surface area contributed by atoms with Gasteiger partial charge in [0.05, 0.1) is 5.56 Å². The van der Waals surface area contributed by atoms with Gasteiger partial charge in [-0.1, -0.05) is 15.9 Å². The summed E-state index contributed by atoms with van der Waals surface area (Å²) in [6.45, 7) is 1.67. The second kappa shape index (κ2) is 6.37. The minimum absolute atomic E-state index is 0.117. The summed E-state index contributed by atoms with van der Waals surface area (Å²) >= 11 is 6.88. The fraction of sp³-hybridized carbons (Fsp3) is 0.500. The number of likely N-dealkylation sites (tertiary alicyclic amines) is 1. The van der Waals surface area contributed by atoms with Gasteiger partial charge in [-0.15, -0.1) is 0 Å². The average Bonchev–Trinajstić information content (AvgIpc) is 2.38. The van der Waals surface area contributed by atoms with Crippen molar-refractivity contribution in [1.29, 1.82) is 0 Å². The standard InChI is InChI=1S/C14H18Br2N2O/c1-17(2)11-4-3-7-18(9-11)14(19)12-6-5-10(15)8-13(12)16/h5-6,8,11H,3-4,7,9H2,1-2H3. The Hall–Kier alpha value is -0.390. The number of nitrogens with zero attached hydrogens (tertiary/aromatic N) is 2. The zero-order valence-corrected chi connectivity index (χ0v) is 14.4. The smallest absolute Gasteiger partial charge is 0.255 e. The molecule has 1 aliphatic heterocycles. The molecule has 0 radical (unpaired) electrons. The first-order valence-electron chi connectivity index (χ1n) is 6.40. The third-order valence-corrected chi connectivity index (χ3v) is 4.72. The Kier molecular flexibility index (Phi) is 5.03. The SMILES string of the molecule is CN(C)C1CCCN(C(=O)c2ccc(Br)cc2Br)C1. The van der Waals surface area contributed by atoms with Crippen molar-refractivity contribution in [1.82, 2.24) is 9.80 Å². The lowest BCUT2D eigenvalue weighted by molar-refractivity contribution is 0.0634. The van der Waals surface area contributed by atoms with E-state index in [-0.39, 0.29) is 5.91 Å². The molecule has 3 nitrogen and oxygen atoms in total. The maximum absolute atomic E-state index is 12.6. The van der Waals surface area contributed by atoms with Crippen molar-refractivity contribution in [2.75, 3.05) is 27.2 Å². The van der Waals surface area contributed by atoms with Gasteiger partial charge in [-0.3, -0.25) is 4.79 Å². The van der Waals surface area contributed by atoms with E-state index in [9.17, 15) is 4.79 Å². The minimum atomic E-state index is 0.117. The van der Waals surface area contributed by atoms with Gasteiger partial charge in [-0.2, -0.15) is 0 Å². The average molecular weight is 390 g/mol. The number of rotatable bonds is 2. The molecule has 1 aliphatic rings. The highest BCUT2D eigenvalue weighted by atomic mass is 79.9. The van der Waals surface area contributed by atoms with Crippen LogP contribution >= 0.6 is 31.9 Å². The second-order valence-corrected chi connectivity index (χ2v) is 6.91. The maximum Gasteiger partial charge on any atom is 0.255 e. The molecule has 19 heavy (non-hydrogen) atoms. The van der Waals surface area contributed by atoms with Crippen LogP contribution in [-0.2, 0) is 0 Å². The number of hydrogen-bond acceptors (Lipinski definition) is 2. The van der Waals surface area contributed by atoms with E-state index >= 15 is 0 Å². The summed E-state index contributed by atoms with van der Waals surface area (Å²) in [5.41, 5.74) is 0.739. The van der Waals surface area contributed by atoms with E-state index in [1.54, 1.807) is 0 Å². The van der Waals surface area contributed by atoms with E-state index in [2.05, 4.69) is 50.9 Å². The largest absolute Gasteiger partial charge is 0.337 e. The van der Waals surface area contributed by atoms with Gasteiger partial charge < -0.3 is 9.80 Å². The molecule has 0 spiro atoms. The normalized spacial score (nSPS) is 19.8. The van der Waals surface area contributed by atoms with Crippen LogP contribution in [0.25, 0.3) is 0 Å². The maximum atomic E-state index is 12.6. The van der Waals surface area contributed by atoms with Crippen molar-refractivity contribution in [2.24, 2.45) is 0 Å². The van der Waals surface area contributed by atoms with E-state index in [4.69, 9.17) is 0 Å². The van der Waals surface area contributed by atoms with Crippen LogP contribution in [0.15, 0.2) is 27.1 Å². The molecule has 0 aromatic heterocycles. The number of benzene rings is 1. The van der Waals surface area contributed by atoms with Crippen LogP contribution in [0.5, 0.6) is 0 Å². The van der Waals surface area contributed by atoms with E-state index in [0.717, 1.165) is 40.4 Å². The van der Waals surface area contributed by atoms with Gasteiger partial charge >= 0.3 is 0 Å². The lowest BCUT2D eigenvalue weighted by atomic mass is 10.0. The van der Waals surface area contributed by atoms with Gasteiger partial charge in [0, 0.05) is 28.1 Å². The molecule has 1 aromatic carbocycles. The van der Waals surface area contributed by atoms with Crippen LogP contribution < -0.4 is 0 Å². The molecule has 2 rings (SSSR count). The summed E-state index contributed by atoms with van der Waals surface area (Å²) in [6.07, 6.45) is 2.24. The molecule has 1 amide bonds. The van der Waals surface area contributed by atoms with Crippen molar-refractivity contribution < 1.29 is 4.79 Å². The molecule has 1 saturated heterocycles. The Morgan fingerprint density at radius 2 is 2.11 bits per heavy atom. The quantitative estimate of drug-likeness (QED) is 0.774. The number of carbonyl (C=O) groups is 1. The van der Waals surface area contributed by atoms with E-state index < -0.39 is 0 Å². The molecule has 0 aliphatic carbocycles. The zero-order valence-electron chi connectivity index (χ0n) is 11.2. The van der Waals surface area contributed by atoms with Crippen LogP contribution in [0.3, 0.4) is 0 Å². The molecule has 1 atom stereocenters. The molecular weight excluding hydrogens is 372 g/mol. The molecule has 1 heterocycles. The molecule has 1 fully saturated rings. The van der Waals surface area contributed by atoms with Gasteiger partial charge in [0.2, 0.25) is 0 Å². The first kappa shape index (κ1) is 15.0. The van der Waals surface area contributed by atoms with Crippen molar-refractivity contribution in [3.05, 3.63) is 32.7 Å². The van der Waals surface area contributed by atoms with Gasteiger partial charge in [0.1, 0.15) is 0 Å². The van der Waals surface area contributed by atoms with E-state index in [0.29, 0.717) is 6.04 Å². The van der Waals surface area contributed by atoms with Crippen LogP contribution in [0.1, 0.15) is 23.2 Å². The van der Waals surface area contributed by atoms with Crippen LogP contribution in [-0.4, -0.2) is 48.9 Å². The molecule has 0 N–H and O–H groups in total. The summed E-state index contributed by atoms with van der Waals surface area (Å²) in [5, 5.41) is 0. The summed E-state index contributed by atoms with van der Waals surface area (Å²) < 4.78 is 1.82. The number of carbonyl (C=O) groups excluding carboxylic acids is 1. The number of halogens is 2. The van der Waals surface area contributed by atoms with Crippen molar-refractivity contribution in [2.45, 2.75) is 18.9 Å². The molecule has 0 bridgehead atoms. The monoisotopic (exact) mass is 388 g/mol. The third kappa shape index (κ3) is 3.58. The Bertz CT molecular complexity index is 477. The Morgan fingerprint density at radius 3 is 2.74 bits per heavy atom. The van der Waals surface area contributed by atoms with Crippen LogP contribution in [0, 0.1) is 0 Å². The Labute approximate surface area is 131 Å². The topological polar surface area (TPSA) is 23.6 Å². The zero-order chi connectivity index (χ0) is 14.0. The second-order valence-electron chi connectivity index (χ2n) is 5.13. The van der Waals surface area contributed by atoms with Gasteiger partial charge in [0.25, 0.3) is 5.91 Å². The van der Waals surface area contributed by atoms with E-state index in [1.807, 2.05) is 23.1 Å². The van der Waals surface area contributed by atoms with Crippen LogP contribution in [0.2, 0.25) is 0 Å². The molecule has 104 valence electrons. The highest BCUT2D eigenvalue weighted by Gasteiger charge is 2.26.